The van der Waals surface area contributed by atoms with E-state index < -0.39 is 17.0 Å². The zero-order valence-corrected chi connectivity index (χ0v) is 11.8. The van der Waals surface area contributed by atoms with Crippen molar-refractivity contribution in [3.63, 3.8) is 0 Å². The smallest absolute Gasteiger partial charge is 0.254 e. The second-order valence-corrected chi connectivity index (χ2v) is 5.73. The summed E-state index contributed by atoms with van der Waals surface area (Å²) in [5.41, 5.74) is -0.830. The predicted molar refractivity (Wildman–Crippen MR) is 73.6 cm³/mol. The maximum absolute atomic E-state index is 13.9. The number of nitrogens with zero attached hydrogens (tertiary/aromatic N) is 1. The lowest BCUT2D eigenvalue weighted by atomic mass is 9.95. The van der Waals surface area contributed by atoms with Gasteiger partial charge in [-0.15, -0.1) is 0 Å². The number of nitrogens with one attached hydrogen (secondary N) is 1. The van der Waals surface area contributed by atoms with Gasteiger partial charge in [0.2, 0.25) is 0 Å². The molecule has 0 fully saturated rings. The van der Waals surface area contributed by atoms with Crippen LogP contribution in [0.3, 0.4) is 0 Å². The molecule has 3 nitrogen and oxygen atoms in total. The zero-order valence-electron chi connectivity index (χ0n) is 11.8. The summed E-state index contributed by atoms with van der Waals surface area (Å²) in [5.74, 6) is -1.07. The normalized spacial score (nSPS) is 11.7. The van der Waals surface area contributed by atoms with Gasteiger partial charge in [-0.05, 0) is 19.1 Å². The Kier molecular flexibility index (Phi) is 3.46. The second-order valence-electron chi connectivity index (χ2n) is 5.73. The number of rotatable bonds is 1. The molecule has 1 heterocycles. The molecule has 0 saturated carbocycles. The number of hydrogen-bond acceptors (Lipinski definition) is 2. The van der Waals surface area contributed by atoms with E-state index >= 15 is 0 Å². The van der Waals surface area contributed by atoms with Crippen LogP contribution in [0.5, 0.6) is 0 Å². The topological polar surface area (TPSA) is 45.8 Å². The van der Waals surface area contributed by atoms with Crippen molar-refractivity contribution in [1.82, 2.24) is 9.97 Å². The molecular weight excluding hydrogens is 262 g/mol. The molecule has 0 aliphatic carbocycles. The summed E-state index contributed by atoms with van der Waals surface area (Å²) in [6.07, 6.45) is 0. The standard InChI is InChI=1S/C15H16F2N2O/c1-8-12(11-9(16)6-5-7-10(11)17)18-14(15(2,3)4)19-13(8)20/h5-7H,1-4H3,(H,18,19,20). The number of aromatic amines is 1. The molecule has 0 aliphatic heterocycles. The van der Waals surface area contributed by atoms with E-state index in [1.54, 1.807) is 0 Å². The van der Waals surface area contributed by atoms with Gasteiger partial charge in [0.05, 0.1) is 11.3 Å². The van der Waals surface area contributed by atoms with Gasteiger partial charge < -0.3 is 4.98 Å². The lowest BCUT2D eigenvalue weighted by Gasteiger charge is -2.19. The molecule has 2 aromatic rings. The first-order chi connectivity index (χ1) is 9.21. The minimum absolute atomic E-state index is 0.0503. The molecule has 5 heteroatoms. The molecule has 20 heavy (non-hydrogen) atoms. The average Bonchev–Trinajstić information content (AvgIpc) is 2.32. The fraction of sp³-hybridized carbons (Fsp3) is 0.333. The van der Waals surface area contributed by atoms with Crippen molar-refractivity contribution in [2.45, 2.75) is 33.1 Å². The van der Waals surface area contributed by atoms with Gasteiger partial charge in [0.1, 0.15) is 17.5 Å². The SMILES string of the molecule is Cc1c(-c2c(F)cccc2F)nc(C(C)(C)C)[nH]c1=O. The van der Waals surface area contributed by atoms with Crippen molar-refractivity contribution < 1.29 is 8.78 Å². The number of halogens is 2. The van der Waals surface area contributed by atoms with Gasteiger partial charge in [-0.2, -0.15) is 0 Å². The summed E-state index contributed by atoms with van der Waals surface area (Å²) in [5, 5.41) is 0. The van der Waals surface area contributed by atoms with Crippen LogP contribution in [0.15, 0.2) is 23.0 Å². The van der Waals surface area contributed by atoms with Crippen LogP contribution in [-0.4, -0.2) is 9.97 Å². The van der Waals surface area contributed by atoms with Gasteiger partial charge in [0.15, 0.2) is 0 Å². The van der Waals surface area contributed by atoms with Gasteiger partial charge in [0.25, 0.3) is 5.56 Å². The van der Waals surface area contributed by atoms with E-state index in [-0.39, 0.29) is 22.4 Å². The highest BCUT2D eigenvalue weighted by atomic mass is 19.1. The molecule has 1 aromatic heterocycles. The highest BCUT2D eigenvalue weighted by molar-refractivity contribution is 5.64. The first kappa shape index (κ1) is 14.4. The van der Waals surface area contributed by atoms with E-state index in [9.17, 15) is 13.6 Å². The Hall–Kier alpha value is -2.04. The van der Waals surface area contributed by atoms with Crippen LogP contribution >= 0.6 is 0 Å². The first-order valence-electron chi connectivity index (χ1n) is 6.27. The number of hydrogen-bond donors (Lipinski definition) is 1. The summed E-state index contributed by atoms with van der Waals surface area (Å²) >= 11 is 0. The Morgan fingerprint density at radius 3 is 2.20 bits per heavy atom. The summed E-state index contributed by atoms with van der Waals surface area (Å²) in [7, 11) is 0. The van der Waals surface area contributed by atoms with Crippen molar-refractivity contribution in [3.8, 4) is 11.3 Å². The molecule has 1 aromatic carbocycles. The molecule has 0 spiro atoms. The minimum atomic E-state index is -0.731. The first-order valence-corrected chi connectivity index (χ1v) is 6.27. The predicted octanol–water partition coefficient (Wildman–Crippen LogP) is 3.32. The monoisotopic (exact) mass is 278 g/mol. The van der Waals surface area contributed by atoms with Crippen LogP contribution in [0.4, 0.5) is 8.78 Å². The quantitative estimate of drug-likeness (QED) is 0.869. The van der Waals surface area contributed by atoms with E-state index in [4.69, 9.17) is 0 Å². The molecular formula is C15H16F2N2O. The van der Waals surface area contributed by atoms with E-state index in [2.05, 4.69) is 9.97 Å². The van der Waals surface area contributed by atoms with Crippen molar-refractivity contribution in [1.29, 1.82) is 0 Å². The summed E-state index contributed by atoms with van der Waals surface area (Å²) in [6, 6.07) is 3.58. The van der Waals surface area contributed by atoms with Gasteiger partial charge in [0, 0.05) is 11.0 Å². The second kappa shape index (κ2) is 4.81. The van der Waals surface area contributed by atoms with Gasteiger partial charge >= 0.3 is 0 Å². The molecule has 0 amide bonds. The molecule has 0 atom stereocenters. The molecule has 2 rings (SSSR count). The van der Waals surface area contributed by atoms with Crippen LogP contribution in [0.2, 0.25) is 0 Å². The van der Waals surface area contributed by atoms with Crippen molar-refractivity contribution in [2.75, 3.05) is 0 Å². The third-order valence-corrected chi connectivity index (χ3v) is 3.06. The zero-order chi connectivity index (χ0) is 15.1. The fourth-order valence-electron chi connectivity index (χ4n) is 1.86. The van der Waals surface area contributed by atoms with E-state index in [1.165, 1.54) is 13.0 Å². The van der Waals surface area contributed by atoms with Crippen LogP contribution < -0.4 is 5.56 Å². The van der Waals surface area contributed by atoms with Gasteiger partial charge in [-0.3, -0.25) is 4.79 Å². The maximum atomic E-state index is 13.9. The molecule has 1 N–H and O–H groups in total. The fourth-order valence-corrected chi connectivity index (χ4v) is 1.86. The molecule has 0 aliphatic rings. The molecule has 0 saturated heterocycles. The average molecular weight is 278 g/mol. The summed E-state index contributed by atoms with van der Waals surface area (Å²) in [6.45, 7) is 7.09. The van der Waals surface area contributed by atoms with Gasteiger partial charge in [-0.1, -0.05) is 26.8 Å². The van der Waals surface area contributed by atoms with Crippen LogP contribution in [-0.2, 0) is 5.41 Å². The van der Waals surface area contributed by atoms with E-state index in [0.717, 1.165) is 12.1 Å². The van der Waals surface area contributed by atoms with Crippen molar-refractivity contribution >= 4 is 0 Å². The highest BCUT2D eigenvalue weighted by Crippen LogP contribution is 2.27. The Morgan fingerprint density at radius 2 is 1.70 bits per heavy atom. The Labute approximate surface area is 115 Å². The van der Waals surface area contributed by atoms with Crippen LogP contribution in [0.25, 0.3) is 11.3 Å². The van der Waals surface area contributed by atoms with E-state index in [1.807, 2.05) is 20.8 Å². The molecule has 0 radical (unpaired) electrons. The summed E-state index contributed by atoms with van der Waals surface area (Å²) < 4.78 is 27.8. The number of aromatic nitrogens is 2. The number of H-pyrrole nitrogens is 1. The third kappa shape index (κ3) is 2.48. The van der Waals surface area contributed by atoms with Crippen molar-refractivity contribution in [3.05, 3.63) is 51.6 Å². The Balaban J connectivity index is 2.81. The summed E-state index contributed by atoms with van der Waals surface area (Å²) in [4.78, 5) is 18.9. The highest BCUT2D eigenvalue weighted by Gasteiger charge is 2.22. The van der Waals surface area contributed by atoms with Crippen LogP contribution in [0.1, 0.15) is 32.2 Å². The lowest BCUT2D eigenvalue weighted by Crippen LogP contribution is -2.24. The maximum Gasteiger partial charge on any atom is 0.254 e. The minimum Gasteiger partial charge on any atom is -0.310 e. The lowest BCUT2D eigenvalue weighted by molar-refractivity contribution is 0.540. The third-order valence-electron chi connectivity index (χ3n) is 3.06. The molecule has 106 valence electrons. The van der Waals surface area contributed by atoms with Crippen molar-refractivity contribution in [2.24, 2.45) is 0 Å². The van der Waals surface area contributed by atoms with Gasteiger partial charge in [-0.25, -0.2) is 13.8 Å². The van der Waals surface area contributed by atoms with Crippen LogP contribution in [0, 0.1) is 18.6 Å². The largest absolute Gasteiger partial charge is 0.310 e. The van der Waals surface area contributed by atoms with E-state index in [0.29, 0.717) is 5.82 Å². The Bertz CT molecular complexity index is 695. The number of benzene rings is 1. The Morgan fingerprint density at radius 1 is 1.15 bits per heavy atom. The molecule has 0 bridgehead atoms. The molecule has 0 unspecified atom stereocenters.